The number of halogens is 2. The number of benzene rings is 1. The average molecular weight is 370 g/mol. The number of carbonyl (C=O) groups excluding carboxylic acids is 1. The number of rotatable bonds is 7. The Bertz CT molecular complexity index is 579. The minimum absolute atomic E-state index is 0.0807. The van der Waals surface area contributed by atoms with Crippen LogP contribution in [0.2, 0.25) is 0 Å². The molecule has 0 aliphatic carbocycles. The third-order valence-corrected chi connectivity index (χ3v) is 4.61. The van der Waals surface area contributed by atoms with E-state index in [1.165, 1.54) is 12.1 Å². The first-order chi connectivity index (χ1) is 12.6. The number of carbonyl (C=O) groups is 1. The molecule has 2 heterocycles. The maximum absolute atomic E-state index is 12.3. The molecule has 1 atom stereocenters. The van der Waals surface area contributed by atoms with Crippen molar-refractivity contribution in [3.63, 3.8) is 0 Å². The van der Waals surface area contributed by atoms with Gasteiger partial charge in [-0.15, -0.1) is 0 Å². The summed E-state index contributed by atoms with van der Waals surface area (Å²) in [5, 5.41) is 2.87. The molecule has 1 amide bonds. The molecule has 0 aromatic heterocycles. The normalized spacial score (nSPS) is 21.9. The van der Waals surface area contributed by atoms with E-state index >= 15 is 0 Å². The van der Waals surface area contributed by atoms with Gasteiger partial charge in [0.25, 0.3) is 0 Å². The topological polar surface area (TPSA) is 60.0 Å². The van der Waals surface area contributed by atoms with E-state index in [0.717, 1.165) is 31.4 Å². The van der Waals surface area contributed by atoms with Crippen molar-refractivity contribution in [3.8, 4) is 5.75 Å². The van der Waals surface area contributed by atoms with Gasteiger partial charge in [0.05, 0.1) is 25.8 Å². The minimum atomic E-state index is -2.84. The van der Waals surface area contributed by atoms with Gasteiger partial charge < -0.3 is 19.5 Å². The van der Waals surface area contributed by atoms with Crippen LogP contribution in [0.1, 0.15) is 24.8 Å². The highest BCUT2D eigenvalue weighted by Gasteiger charge is 2.34. The first kappa shape index (κ1) is 19.0. The molecule has 144 valence electrons. The van der Waals surface area contributed by atoms with Crippen molar-refractivity contribution in [2.24, 2.45) is 0 Å². The summed E-state index contributed by atoms with van der Waals surface area (Å²) in [6, 6.07) is 6.35. The summed E-state index contributed by atoms with van der Waals surface area (Å²) in [7, 11) is 0. The lowest BCUT2D eigenvalue weighted by Gasteiger charge is -2.37. The fourth-order valence-corrected chi connectivity index (χ4v) is 3.35. The third kappa shape index (κ3) is 5.36. The van der Waals surface area contributed by atoms with Crippen LogP contribution in [0.15, 0.2) is 24.3 Å². The van der Waals surface area contributed by atoms with E-state index < -0.39 is 6.61 Å². The number of likely N-dealkylation sites (tertiary alicyclic amines) is 1. The van der Waals surface area contributed by atoms with Crippen molar-refractivity contribution in [2.75, 3.05) is 26.3 Å². The van der Waals surface area contributed by atoms with Crippen molar-refractivity contribution >= 4 is 5.91 Å². The molecule has 0 radical (unpaired) electrons. The number of hydrogen-bond acceptors (Lipinski definition) is 5. The van der Waals surface area contributed by atoms with Crippen LogP contribution in [0.25, 0.3) is 0 Å². The Hall–Kier alpha value is -1.77. The maximum Gasteiger partial charge on any atom is 0.387 e. The molecule has 2 saturated heterocycles. The van der Waals surface area contributed by atoms with Crippen molar-refractivity contribution in [3.05, 3.63) is 29.8 Å². The van der Waals surface area contributed by atoms with Gasteiger partial charge in [0.2, 0.25) is 5.91 Å². The van der Waals surface area contributed by atoms with E-state index in [9.17, 15) is 13.6 Å². The Labute approximate surface area is 151 Å². The summed E-state index contributed by atoms with van der Waals surface area (Å²) in [6.07, 6.45) is 2.88. The molecule has 8 heteroatoms. The Morgan fingerprint density at radius 2 is 1.96 bits per heavy atom. The summed E-state index contributed by atoms with van der Waals surface area (Å²) in [6.45, 7) is -0.158. The van der Waals surface area contributed by atoms with Crippen LogP contribution >= 0.6 is 0 Å². The lowest BCUT2D eigenvalue weighted by Crippen LogP contribution is -2.50. The maximum atomic E-state index is 12.3. The van der Waals surface area contributed by atoms with E-state index in [0.29, 0.717) is 26.3 Å². The Kier molecular flexibility index (Phi) is 6.76. The van der Waals surface area contributed by atoms with Crippen LogP contribution in [0.3, 0.4) is 0 Å². The molecule has 2 aliphatic heterocycles. The molecule has 2 aliphatic rings. The molecule has 6 nitrogen and oxygen atoms in total. The van der Waals surface area contributed by atoms with E-state index in [1.54, 1.807) is 12.1 Å². The number of piperidine rings is 1. The molecular weight excluding hydrogens is 346 g/mol. The summed E-state index contributed by atoms with van der Waals surface area (Å²) in [4.78, 5) is 14.4. The van der Waals surface area contributed by atoms with Gasteiger partial charge in [0, 0.05) is 6.54 Å². The van der Waals surface area contributed by atoms with Crippen LogP contribution in [0.4, 0.5) is 8.78 Å². The van der Waals surface area contributed by atoms with Gasteiger partial charge in [0.15, 0.2) is 6.29 Å². The number of ether oxygens (including phenoxy) is 3. The van der Waals surface area contributed by atoms with Gasteiger partial charge in [-0.05, 0) is 37.1 Å². The second kappa shape index (κ2) is 9.25. The fourth-order valence-electron chi connectivity index (χ4n) is 3.35. The zero-order valence-corrected chi connectivity index (χ0v) is 14.5. The molecule has 2 fully saturated rings. The second-order valence-corrected chi connectivity index (χ2v) is 6.44. The highest BCUT2D eigenvalue weighted by atomic mass is 19.3. The predicted octanol–water partition coefficient (Wildman–Crippen LogP) is 2.13. The number of nitrogens with zero attached hydrogens (tertiary/aromatic N) is 1. The predicted molar refractivity (Wildman–Crippen MR) is 89.8 cm³/mol. The minimum Gasteiger partial charge on any atom is -0.435 e. The van der Waals surface area contributed by atoms with E-state index in [4.69, 9.17) is 9.47 Å². The van der Waals surface area contributed by atoms with Crippen LogP contribution < -0.4 is 10.1 Å². The van der Waals surface area contributed by atoms with Crippen LogP contribution in [0.5, 0.6) is 5.75 Å². The molecule has 0 spiro atoms. The molecule has 3 rings (SSSR count). The zero-order chi connectivity index (χ0) is 18.4. The highest BCUT2D eigenvalue weighted by Crippen LogP contribution is 2.24. The van der Waals surface area contributed by atoms with Crippen LogP contribution in [0, 0.1) is 0 Å². The van der Waals surface area contributed by atoms with Crippen molar-refractivity contribution < 1.29 is 27.8 Å². The summed E-state index contributed by atoms with van der Waals surface area (Å²) >= 11 is 0. The third-order valence-electron chi connectivity index (χ3n) is 4.61. The van der Waals surface area contributed by atoms with E-state index in [-0.39, 0.29) is 24.0 Å². The number of amides is 1. The van der Waals surface area contributed by atoms with Gasteiger partial charge >= 0.3 is 6.61 Å². The lowest BCUT2D eigenvalue weighted by molar-refractivity contribution is -0.131. The van der Waals surface area contributed by atoms with Crippen molar-refractivity contribution in [1.29, 1.82) is 0 Å². The number of alkyl halides is 2. The molecule has 1 aromatic rings. The zero-order valence-electron chi connectivity index (χ0n) is 14.5. The molecular formula is C18H24F2N2O4. The van der Waals surface area contributed by atoms with E-state index in [2.05, 4.69) is 15.0 Å². The highest BCUT2D eigenvalue weighted by molar-refractivity contribution is 5.78. The molecule has 0 bridgehead atoms. The lowest BCUT2D eigenvalue weighted by atomic mass is 10.0. The Morgan fingerprint density at radius 3 is 2.65 bits per heavy atom. The first-order valence-corrected chi connectivity index (χ1v) is 8.89. The SMILES string of the molecule is O=C(CN1CCCCC1C1OCCO1)NCc1ccc(OC(F)F)cc1. The van der Waals surface area contributed by atoms with Gasteiger partial charge in [-0.1, -0.05) is 18.6 Å². The van der Waals surface area contributed by atoms with Crippen molar-refractivity contribution in [1.82, 2.24) is 10.2 Å². The quantitative estimate of drug-likeness (QED) is 0.797. The van der Waals surface area contributed by atoms with Gasteiger partial charge in [-0.25, -0.2) is 0 Å². The standard InChI is InChI=1S/C18H24F2N2O4/c19-18(20)26-14-6-4-13(5-7-14)11-21-16(23)12-22-8-2-1-3-15(22)17-24-9-10-25-17/h4-7,15,17-18H,1-3,8-12H2,(H,21,23). The molecule has 1 N–H and O–H groups in total. The second-order valence-electron chi connectivity index (χ2n) is 6.44. The van der Waals surface area contributed by atoms with Crippen LogP contribution in [-0.2, 0) is 20.8 Å². The fraction of sp³-hybridized carbons (Fsp3) is 0.611. The monoisotopic (exact) mass is 370 g/mol. The summed E-state index contributed by atoms with van der Waals surface area (Å²) in [5.74, 6) is 0.0191. The molecule has 26 heavy (non-hydrogen) atoms. The molecule has 1 unspecified atom stereocenters. The first-order valence-electron chi connectivity index (χ1n) is 8.89. The number of hydrogen-bond donors (Lipinski definition) is 1. The largest absolute Gasteiger partial charge is 0.435 e. The summed E-state index contributed by atoms with van der Waals surface area (Å²) in [5.41, 5.74) is 0.817. The smallest absolute Gasteiger partial charge is 0.387 e. The Balaban J connectivity index is 1.46. The molecule has 1 aromatic carbocycles. The van der Waals surface area contributed by atoms with Gasteiger partial charge in [-0.3, -0.25) is 9.69 Å². The van der Waals surface area contributed by atoms with Crippen LogP contribution in [-0.4, -0.2) is 56.1 Å². The van der Waals surface area contributed by atoms with Gasteiger partial charge in [-0.2, -0.15) is 8.78 Å². The average Bonchev–Trinajstić information content (AvgIpc) is 3.16. The number of nitrogens with one attached hydrogen (secondary N) is 1. The molecule has 0 saturated carbocycles. The van der Waals surface area contributed by atoms with E-state index in [1.807, 2.05) is 0 Å². The Morgan fingerprint density at radius 1 is 1.23 bits per heavy atom. The van der Waals surface area contributed by atoms with Gasteiger partial charge in [0.1, 0.15) is 5.75 Å². The van der Waals surface area contributed by atoms with Crippen molar-refractivity contribution in [2.45, 2.75) is 44.8 Å². The summed E-state index contributed by atoms with van der Waals surface area (Å²) < 4.78 is 39.8.